The molecule has 2 aromatic carbocycles. The number of nitrogens with one attached hydrogen (secondary N) is 2. The topological polar surface area (TPSA) is 61.0 Å². The predicted octanol–water partition coefficient (Wildman–Crippen LogP) is 4.79. The highest BCUT2D eigenvalue weighted by atomic mass is 19.1. The van der Waals surface area contributed by atoms with Gasteiger partial charge in [-0.3, -0.25) is 0 Å². The maximum absolute atomic E-state index is 13.2. The summed E-state index contributed by atoms with van der Waals surface area (Å²) in [7, 11) is 0. The zero-order valence-electron chi connectivity index (χ0n) is 16.5. The summed E-state index contributed by atoms with van der Waals surface area (Å²) in [5, 5.41) is 3.06. The zero-order valence-corrected chi connectivity index (χ0v) is 16.5. The van der Waals surface area contributed by atoms with Crippen LogP contribution in [0.25, 0.3) is 11.0 Å². The van der Waals surface area contributed by atoms with Crippen LogP contribution in [0.3, 0.4) is 0 Å². The van der Waals surface area contributed by atoms with Crippen molar-refractivity contribution in [1.29, 1.82) is 0 Å². The van der Waals surface area contributed by atoms with Crippen molar-refractivity contribution in [3.8, 4) is 0 Å². The lowest BCUT2D eigenvalue weighted by Crippen LogP contribution is -2.47. The van der Waals surface area contributed by atoms with Crippen molar-refractivity contribution in [2.75, 3.05) is 6.54 Å². The SMILES string of the molecule is O=C(NCCc1nc2ccccc2[nH]1)N(Cc1ccc(F)cc1)C1CCCCC1. The van der Waals surface area contributed by atoms with E-state index >= 15 is 0 Å². The van der Waals surface area contributed by atoms with Crippen molar-refractivity contribution >= 4 is 17.1 Å². The van der Waals surface area contributed by atoms with Crippen molar-refractivity contribution in [2.24, 2.45) is 0 Å². The molecule has 29 heavy (non-hydrogen) atoms. The second kappa shape index (κ2) is 9.07. The second-order valence-corrected chi connectivity index (χ2v) is 7.73. The third-order valence-corrected chi connectivity index (χ3v) is 5.62. The molecular formula is C23H27FN4O. The molecular weight excluding hydrogens is 367 g/mol. The number of carbonyl (C=O) groups excluding carboxylic acids is 1. The summed E-state index contributed by atoms with van der Waals surface area (Å²) < 4.78 is 13.2. The quantitative estimate of drug-likeness (QED) is 0.631. The summed E-state index contributed by atoms with van der Waals surface area (Å²) in [6.45, 7) is 1.02. The van der Waals surface area contributed by atoms with E-state index in [1.807, 2.05) is 29.2 Å². The molecule has 0 aliphatic heterocycles. The van der Waals surface area contributed by atoms with E-state index in [1.54, 1.807) is 12.1 Å². The Hall–Kier alpha value is -2.89. The number of imidazole rings is 1. The van der Waals surface area contributed by atoms with Crippen LogP contribution in [-0.4, -0.2) is 33.5 Å². The summed E-state index contributed by atoms with van der Waals surface area (Å²) in [5.74, 6) is 0.613. The minimum Gasteiger partial charge on any atom is -0.342 e. The average Bonchev–Trinajstić information content (AvgIpc) is 3.16. The van der Waals surface area contributed by atoms with Gasteiger partial charge in [0.05, 0.1) is 11.0 Å². The van der Waals surface area contributed by atoms with E-state index in [1.165, 1.54) is 18.6 Å². The van der Waals surface area contributed by atoms with Gasteiger partial charge in [0.25, 0.3) is 0 Å². The lowest BCUT2D eigenvalue weighted by Gasteiger charge is -2.34. The van der Waals surface area contributed by atoms with Crippen LogP contribution in [0.1, 0.15) is 43.5 Å². The van der Waals surface area contributed by atoms with Crippen molar-refractivity contribution in [3.63, 3.8) is 0 Å². The fourth-order valence-corrected chi connectivity index (χ4v) is 4.06. The van der Waals surface area contributed by atoms with Gasteiger partial charge in [0.2, 0.25) is 0 Å². The van der Waals surface area contributed by atoms with Crippen LogP contribution in [0.4, 0.5) is 9.18 Å². The van der Waals surface area contributed by atoms with Crippen LogP contribution in [0.2, 0.25) is 0 Å². The highest BCUT2D eigenvalue weighted by Gasteiger charge is 2.25. The van der Waals surface area contributed by atoms with E-state index in [-0.39, 0.29) is 17.9 Å². The Morgan fingerprint density at radius 3 is 2.62 bits per heavy atom. The van der Waals surface area contributed by atoms with E-state index < -0.39 is 0 Å². The highest BCUT2D eigenvalue weighted by molar-refractivity contribution is 5.75. The van der Waals surface area contributed by atoms with E-state index in [0.717, 1.165) is 48.1 Å². The van der Waals surface area contributed by atoms with Gasteiger partial charge >= 0.3 is 6.03 Å². The van der Waals surface area contributed by atoms with Crippen LogP contribution in [0, 0.1) is 5.82 Å². The molecule has 2 N–H and O–H groups in total. The van der Waals surface area contributed by atoms with Gasteiger partial charge in [0.1, 0.15) is 11.6 Å². The predicted molar refractivity (Wildman–Crippen MR) is 112 cm³/mol. The number of carbonyl (C=O) groups is 1. The Balaban J connectivity index is 1.39. The lowest BCUT2D eigenvalue weighted by molar-refractivity contribution is 0.151. The molecule has 0 bridgehead atoms. The fraction of sp³-hybridized carbons (Fsp3) is 0.391. The first-order chi connectivity index (χ1) is 14.2. The summed E-state index contributed by atoms with van der Waals surface area (Å²) in [4.78, 5) is 22.8. The molecule has 1 heterocycles. The minimum absolute atomic E-state index is 0.0580. The molecule has 4 rings (SSSR count). The van der Waals surface area contributed by atoms with Gasteiger partial charge in [-0.2, -0.15) is 0 Å². The fourth-order valence-electron chi connectivity index (χ4n) is 4.06. The number of rotatable bonds is 6. The molecule has 152 valence electrons. The van der Waals surface area contributed by atoms with E-state index in [2.05, 4.69) is 15.3 Å². The molecule has 1 aliphatic rings. The van der Waals surface area contributed by atoms with Crippen LogP contribution in [0.15, 0.2) is 48.5 Å². The number of fused-ring (bicyclic) bond motifs is 1. The van der Waals surface area contributed by atoms with E-state index in [9.17, 15) is 9.18 Å². The summed E-state index contributed by atoms with van der Waals surface area (Å²) in [6.07, 6.45) is 6.23. The lowest BCUT2D eigenvalue weighted by atomic mass is 9.94. The second-order valence-electron chi connectivity index (χ2n) is 7.73. The molecule has 5 nitrogen and oxygen atoms in total. The Morgan fingerprint density at radius 1 is 1.10 bits per heavy atom. The first kappa shape index (κ1) is 19.4. The van der Waals surface area contributed by atoms with E-state index in [4.69, 9.17) is 0 Å². The van der Waals surface area contributed by atoms with Crippen LogP contribution in [0.5, 0.6) is 0 Å². The van der Waals surface area contributed by atoms with Gasteiger partial charge in [-0.05, 0) is 42.7 Å². The third kappa shape index (κ3) is 4.94. The Kier molecular flexibility index (Phi) is 6.08. The van der Waals surface area contributed by atoms with Crippen molar-refractivity contribution in [1.82, 2.24) is 20.2 Å². The minimum atomic E-state index is -0.256. The molecule has 1 aromatic heterocycles. The molecule has 0 radical (unpaired) electrons. The maximum atomic E-state index is 13.2. The van der Waals surface area contributed by atoms with Gasteiger partial charge < -0.3 is 15.2 Å². The molecule has 1 fully saturated rings. The number of aromatic nitrogens is 2. The number of halogens is 1. The normalized spacial score (nSPS) is 14.8. The first-order valence-corrected chi connectivity index (χ1v) is 10.4. The summed E-state index contributed by atoms with van der Waals surface area (Å²) in [6, 6.07) is 14.5. The number of urea groups is 1. The van der Waals surface area contributed by atoms with Crippen molar-refractivity contribution in [3.05, 3.63) is 65.7 Å². The third-order valence-electron chi connectivity index (χ3n) is 5.62. The molecule has 0 unspecified atom stereocenters. The van der Waals surface area contributed by atoms with E-state index in [0.29, 0.717) is 19.5 Å². The number of aromatic amines is 1. The van der Waals surface area contributed by atoms with Crippen LogP contribution in [-0.2, 0) is 13.0 Å². The number of nitrogens with zero attached hydrogens (tertiary/aromatic N) is 2. The van der Waals surface area contributed by atoms with Crippen LogP contribution < -0.4 is 5.32 Å². The van der Waals surface area contributed by atoms with Gasteiger partial charge in [0.15, 0.2) is 0 Å². The molecule has 6 heteroatoms. The number of para-hydroxylation sites is 2. The summed E-state index contributed by atoms with van der Waals surface area (Å²) >= 11 is 0. The number of H-pyrrole nitrogens is 1. The standard InChI is InChI=1S/C23H27FN4O/c24-18-12-10-17(11-13-18)16-28(19-6-2-1-3-7-19)23(29)25-15-14-22-26-20-8-4-5-9-21(20)27-22/h4-5,8-13,19H,1-3,6-7,14-16H2,(H,25,29)(H,26,27). The largest absolute Gasteiger partial charge is 0.342 e. The molecule has 2 amide bonds. The van der Waals surface area contributed by atoms with Gasteiger partial charge in [-0.15, -0.1) is 0 Å². The smallest absolute Gasteiger partial charge is 0.317 e. The molecule has 0 spiro atoms. The van der Waals surface area contributed by atoms with Crippen molar-refractivity contribution < 1.29 is 9.18 Å². The summed E-state index contributed by atoms with van der Waals surface area (Å²) in [5.41, 5.74) is 2.90. The molecule has 3 aromatic rings. The first-order valence-electron chi connectivity index (χ1n) is 10.4. The highest BCUT2D eigenvalue weighted by Crippen LogP contribution is 2.24. The number of benzene rings is 2. The number of hydrogen-bond acceptors (Lipinski definition) is 2. The van der Waals surface area contributed by atoms with Gasteiger partial charge in [-0.25, -0.2) is 14.2 Å². The monoisotopic (exact) mass is 394 g/mol. The molecule has 1 aliphatic carbocycles. The number of hydrogen-bond donors (Lipinski definition) is 2. The van der Waals surface area contributed by atoms with Gasteiger partial charge in [-0.1, -0.05) is 43.5 Å². The molecule has 0 atom stereocenters. The average molecular weight is 394 g/mol. The Morgan fingerprint density at radius 2 is 1.86 bits per heavy atom. The van der Waals surface area contributed by atoms with Crippen molar-refractivity contribution in [2.45, 2.75) is 51.1 Å². The Bertz CT molecular complexity index is 914. The number of amides is 2. The molecule has 0 saturated heterocycles. The van der Waals surface area contributed by atoms with Gasteiger partial charge in [0, 0.05) is 25.6 Å². The van der Waals surface area contributed by atoms with Crippen LogP contribution >= 0.6 is 0 Å². The maximum Gasteiger partial charge on any atom is 0.317 e. The molecule has 1 saturated carbocycles. The zero-order chi connectivity index (χ0) is 20.1. The Labute approximate surface area is 170 Å².